The largest absolute Gasteiger partial charge is 0.502 e. The van der Waals surface area contributed by atoms with E-state index in [0.29, 0.717) is 16.3 Å². The molecule has 2 rings (SSSR count). The van der Waals surface area contributed by atoms with Crippen LogP contribution in [0.25, 0.3) is 11.1 Å². The summed E-state index contributed by atoms with van der Waals surface area (Å²) in [4.78, 5) is 4.15. The number of nitrogens with zero attached hydrogens (tertiary/aromatic N) is 3. The van der Waals surface area contributed by atoms with Crippen LogP contribution in [-0.2, 0) is 0 Å². The maximum atomic E-state index is 10.1. The summed E-state index contributed by atoms with van der Waals surface area (Å²) in [6.45, 7) is 1.61. The molecule has 4 N–H and O–H groups in total. The second kappa shape index (κ2) is 8.49. The van der Waals surface area contributed by atoms with Crippen molar-refractivity contribution in [1.29, 1.82) is 10.5 Å². The molecule has 0 saturated heterocycles. The topological polar surface area (TPSA) is 145 Å². The summed E-state index contributed by atoms with van der Waals surface area (Å²) in [5, 5.41) is 39.2. The van der Waals surface area contributed by atoms with E-state index >= 15 is 0 Å². The molecule has 0 fully saturated rings. The first-order chi connectivity index (χ1) is 12.9. The number of methoxy groups -OCH3 is 2. The average molecular weight is 386 g/mol. The van der Waals surface area contributed by atoms with Gasteiger partial charge in [-0.1, -0.05) is 0 Å². The van der Waals surface area contributed by atoms with Gasteiger partial charge in [0.25, 0.3) is 0 Å². The predicted octanol–water partition coefficient (Wildman–Crippen LogP) is 2.27. The van der Waals surface area contributed by atoms with Crippen molar-refractivity contribution in [2.45, 2.75) is 18.1 Å². The van der Waals surface area contributed by atoms with E-state index in [1.807, 2.05) is 6.07 Å². The number of anilines is 1. The van der Waals surface area contributed by atoms with Gasteiger partial charge in [-0.05, 0) is 24.6 Å². The van der Waals surface area contributed by atoms with Gasteiger partial charge in [0, 0.05) is 11.3 Å². The number of aromatic hydroxyl groups is 1. The summed E-state index contributed by atoms with van der Waals surface area (Å²) in [5.41, 5.74) is 6.78. The van der Waals surface area contributed by atoms with Gasteiger partial charge in [0.05, 0.1) is 25.9 Å². The van der Waals surface area contributed by atoms with E-state index in [-0.39, 0.29) is 39.8 Å². The highest BCUT2D eigenvalue weighted by Gasteiger charge is 2.23. The molecule has 0 radical (unpaired) electrons. The van der Waals surface area contributed by atoms with E-state index in [1.54, 1.807) is 6.92 Å². The Balaban J connectivity index is 2.83. The molecule has 9 heteroatoms. The zero-order valence-corrected chi connectivity index (χ0v) is 15.8. The summed E-state index contributed by atoms with van der Waals surface area (Å²) in [6, 6.07) is 7.01. The van der Waals surface area contributed by atoms with Crippen molar-refractivity contribution in [2.75, 3.05) is 25.7 Å². The molecular weight excluding hydrogens is 368 g/mol. The third-order valence-electron chi connectivity index (χ3n) is 3.65. The van der Waals surface area contributed by atoms with Gasteiger partial charge in [0.15, 0.2) is 11.5 Å². The first-order valence-electron chi connectivity index (χ1n) is 7.77. The molecule has 0 aliphatic rings. The quantitative estimate of drug-likeness (QED) is 0.636. The molecule has 0 bridgehead atoms. The number of nitrogen functional groups attached to an aromatic ring is 1. The molecule has 8 nitrogen and oxygen atoms in total. The Hall–Kier alpha value is -3.14. The van der Waals surface area contributed by atoms with Gasteiger partial charge in [-0.15, -0.1) is 11.8 Å². The minimum absolute atomic E-state index is 0.0303. The summed E-state index contributed by atoms with van der Waals surface area (Å²) >= 11 is 1.16. The fourth-order valence-corrected chi connectivity index (χ4v) is 3.28. The minimum Gasteiger partial charge on any atom is -0.502 e. The smallest absolute Gasteiger partial charge is 0.200 e. The van der Waals surface area contributed by atoms with Crippen molar-refractivity contribution in [1.82, 2.24) is 4.98 Å². The van der Waals surface area contributed by atoms with E-state index in [4.69, 9.17) is 15.2 Å². The molecule has 0 spiro atoms. The minimum atomic E-state index is -0.613. The lowest BCUT2D eigenvalue weighted by molar-refractivity contribution is 0.220. The second-order valence-corrected chi connectivity index (χ2v) is 6.55. The van der Waals surface area contributed by atoms with Gasteiger partial charge in [-0.3, -0.25) is 0 Å². The Labute approximate surface area is 160 Å². The number of hydrogen-bond donors (Lipinski definition) is 3. The molecule has 1 unspecified atom stereocenters. The van der Waals surface area contributed by atoms with Crippen LogP contribution in [-0.4, -0.2) is 41.3 Å². The van der Waals surface area contributed by atoms with Crippen LogP contribution < -0.4 is 15.2 Å². The van der Waals surface area contributed by atoms with Crippen LogP contribution in [0.3, 0.4) is 0 Å². The number of rotatable bonds is 6. The zero-order chi connectivity index (χ0) is 20.1. The summed E-state index contributed by atoms with van der Waals surface area (Å²) in [5.74, 6) is 0.294. The Morgan fingerprint density at radius 2 is 1.74 bits per heavy atom. The lowest BCUT2D eigenvalue weighted by Crippen LogP contribution is -2.07. The maximum absolute atomic E-state index is 10.1. The van der Waals surface area contributed by atoms with Gasteiger partial charge in [-0.2, -0.15) is 10.5 Å². The molecule has 0 saturated carbocycles. The molecule has 2 aromatic rings. The fraction of sp³-hybridized carbons (Fsp3) is 0.278. The van der Waals surface area contributed by atoms with Crippen LogP contribution in [0, 0.1) is 22.7 Å². The Bertz CT molecular complexity index is 923. The molecule has 1 aromatic carbocycles. The highest BCUT2D eigenvalue weighted by atomic mass is 32.2. The fourth-order valence-electron chi connectivity index (χ4n) is 2.43. The van der Waals surface area contributed by atoms with Gasteiger partial charge < -0.3 is 25.4 Å². The number of nitrogens with two attached hydrogens (primary N) is 1. The van der Waals surface area contributed by atoms with Crippen molar-refractivity contribution < 1.29 is 19.7 Å². The van der Waals surface area contributed by atoms with Gasteiger partial charge in [0.2, 0.25) is 5.75 Å². The van der Waals surface area contributed by atoms with Gasteiger partial charge >= 0.3 is 0 Å². The first kappa shape index (κ1) is 20.2. The van der Waals surface area contributed by atoms with Gasteiger partial charge in [0.1, 0.15) is 28.5 Å². The van der Waals surface area contributed by atoms with Crippen LogP contribution in [0.1, 0.15) is 18.1 Å². The first-order valence-corrected chi connectivity index (χ1v) is 8.76. The van der Waals surface area contributed by atoms with Crippen molar-refractivity contribution in [2.24, 2.45) is 0 Å². The molecule has 0 aliphatic carbocycles. The Morgan fingerprint density at radius 1 is 1.19 bits per heavy atom. The van der Waals surface area contributed by atoms with E-state index in [9.17, 15) is 20.7 Å². The molecule has 1 heterocycles. The average Bonchev–Trinajstić information content (AvgIpc) is 2.65. The predicted molar refractivity (Wildman–Crippen MR) is 101 cm³/mol. The Morgan fingerprint density at radius 3 is 2.19 bits per heavy atom. The van der Waals surface area contributed by atoms with E-state index < -0.39 is 6.10 Å². The molecule has 27 heavy (non-hydrogen) atoms. The van der Waals surface area contributed by atoms with E-state index in [2.05, 4.69) is 11.1 Å². The van der Waals surface area contributed by atoms with Crippen molar-refractivity contribution >= 4 is 17.6 Å². The lowest BCUT2D eigenvalue weighted by Gasteiger charge is -2.16. The SMILES string of the molecule is COc1cc(-c2c(C#N)c(N)nc(SCC(C)O)c2C#N)cc(OC)c1O. The number of nitriles is 2. The number of thioether (sulfide) groups is 1. The lowest BCUT2D eigenvalue weighted by atomic mass is 9.96. The zero-order valence-electron chi connectivity index (χ0n) is 15.0. The number of phenols is 1. The van der Waals surface area contributed by atoms with Crippen LogP contribution in [0.5, 0.6) is 17.2 Å². The molecule has 140 valence electrons. The molecule has 0 aliphatic heterocycles. The van der Waals surface area contributed by atoms with E-state index in [0.717, 1.165) is 11.8 Å². The number of aliphatic hydroxyl groups excluding tert-OH is 1. The van der Waals surface area contributed by atoms with Crippen LogP contribution in [0.4, 0.5) is 5.82 Å². The van der Waals surface area contributed by atoms with Crippen LogP contribution >= 0.6 is 11.8 Å². The summed E-state index contributed by atoms with van der Waals surface area (Å²) in [6.07, 6.45) is -0.613. The van der Waals surface area contributed by atoms with Crippen molar-refractivity contribution in [3.05, 3.63) is 23.3 Å². The third kappa shape index (κ3) is 4.00. The number of hydrogen-bond acceptors (Lipinski definition) is 9. The molecule has 1 atom stereocenters. The van der Waals surface area contributed by atoms with Crippen molar-refractivity contribution in [3.8, 4) is 40.5 Å². The Kier molecular flexibility index (Phi) is 6.35. The van der Waals surface area contributed by atoms with Crippen LogP contribution in [0.2, 0.25) is 0 Å². The second-order valence-electron chi connectivity index (χ2n) is 5.54. The normalized spacial score (nSPS) is 11.3. The number of phenolic OH excluding ortho intramolecular Hbond substituents is 1. The number of aromatic nitrogens is 1. The van der Waals surface area contributed by atoms with Crippen molar-refractivity contribution in [3.63, 3.8) is 0 Å². The van der Waals surface area contributed by atoms with E-state index in [1.165, 1.54) is 26.4 Å². The molecule has 0 amide bonds. The maximum Gasteiger partial charge on any atom is 0.200 e. The number of ether oxygens (including phenoxy) is 2. The highest BCUT2D eigenvalue weighted by molar-refractivity contribution is 7.99. The number of pyridine rings is 1. The number of benzene rings is 1. The summed E-state index contributed by atoms with van der Waals surface area (Å²) < 4.78 is 10.3. The molecule has 1 aromatic heterocycles. The highest BCUT2D eigenvalue weighted by Crippen LogP contribution is 2.43. The van der Waals surface area contributed by atoms with Crippen LogP contribution in [0.15, 0.2) is 17.2 Å². The third-order valence-corrected chi connectivity index (χ3v) is 4.86. The summed E-state index contributed by atoms with van der Waals surface area (Å²) in [7, 11) is 2.75. The molecular formula is C18H18N4O4S. The monoisotopic (exact) mass is 386 g/mol. The van der Waals surface area contributed by atoms with Gasteiger partial charge in [-0.25, -0.2) is 4.98 Å². The standard InChI is InChI=1S/C18H18N4O4S/c1-9(23)8-27-18-12(7-20)15(11(6-19)17(21)22-18)10-4-13(25-2)16(24)14(5-10)26-3/h4-5,9,23-24H,8H2,1-3H3,(H2,21,22). The number of aliphatic hydroxyl groups is 1.